The van der Waals surface area contributed by atoms with Crippen molar-refractivity contribution in [2.75, 3.05) is 0 Å². The van der Waals surface area contributed by atoms with Gasteiger partial charge in [0, 0.05) is 17.2 Å². The smallest absolute Gasteiger partial charge is 0.0712 e. The zero-order chi connectivity index (χ0) is 14.9. The van der Waals surface area contributed by atoms with Gasteiger partial charge in [0.05, 0.1) is 11.2 Å². The lowest BCUT2D eigenvalue weighted by molar-refractivity contribution is 1.12. The summed E-state index contributed by atoms with van der Waals surface area (Å²) in [5, 5.41) is 3.84. The lowest BCUT2D eigenvalue weighted by Gasteiger charge is -2.11. The number of para-hydroxylation sites is 1. The van der Waals surface area contributed by atoms with Crippen LogP contribution in [0.5, 0.6) is 0 Å². The zero-order valence-corrected chi connectivity index (χ0v) is 12.6. The third-order valence-electron chi connectivity index (χ3n) is 4.23. The molecule has 22 heavy (non-hydrogen) atoms. The average Bonchev–Trinajstić information content (AvgIpc) is 2.56. The maximum Gasteiger partial charge on any atom is 0.0712 e. The Morgan fingerprint density at radius 1 is 0.727 bits per heavy atom. The van der Waals surface area contributed by atoms with Crippen LogP contribution in [0.25, 0.3) is 21.7 Å². The van der Waals surface area contributed by atoms with Crippen LogP contribution in [-0.2, 0) is 6.42 Å². The molecule has 0 spiro atoms. The number of benzene rings is 3. The Bertz CT molecular complexity index is 955. The Labute approximate surface area is 130 Å². The molecule has 0 saturated carbocycles. The summed E-state index contributed by atoms with van der Waals surface area (Å²) in [5.41, 5.74) is 4.84. The first-order chi connectivity index (χ1) is 10.8. The van der Waals surface area contributed by atoms with Gasteiger partial charge in [-0.05, 0) is 29.5 Å². The second-order valence-corrected chi connectivity index (χ2v) is 5.74. The standard InChI is InChI=1S/C21H17N/c1-15-8-7-12-18-20(14-16-9-3-2-4-10-16)22-19-13-6-5-11-17(19)21(15)18/h2-13H,14H2,1H3. The number of pyridine rings is 1. The van der Waals surface area contributed by atoms with Crippen molar-refractivity contribution in [1.29, 1.82) is 0 Å². The number of fused-ring (bicyclic) bond motifs is 3. The third-order valence-corrected chi connectivity index (χ3v) is 4.23. The monoisotopic (exact) mass is 283 g/mol. The maximum absolute atomic E-state index is 4.94. The van der Waals surface area contributed by atoms with Crippen LogP contribution in [0.2, 0.25) is 0 Å². The molecule has 0 aliphatic heterocycles. The molecule has 0 fully saturated rings. The molecular formula is C21H17N. The Hall–Kier alpha value is -2.67. The molecule has 106 valence electrons. The topological polar surface area (TPSA) is 12.9 Å². The molecule has 0 unspecified atom stereocenters. The van der Waals surface area contributed by atoms with Crippen molar-refractivity contribution in [3.63, 3.8) is 0 Å². The van der Waals surface area contributed by atoms with E-state index in [4.69, 9.17) is 4.98 Å². The van der Waals surface area contributed by atoms with Gasteiger partial charge in [-0.15, -0.1) is 0 Å². The predicted molar refractivity (Wildman–Crippen MR) is 93.2 cm³/mol. The van der Waals surface area contributed by atoms with E-state index in [1.165, 1.54) is 27.3 Å². The number of nitrogens with zero attached hydrogens (tertiary/aromatic N) is 1. The molecule has 1 aromatic heterocycles. The molecule has 0 amide bonds. The number of aryl methyl sites for hydroxylation is 1. The minimum absolute atomic E-state index is 0.867. The molecule has 0 N–H and O–H groups in total. The minimum atomic E-state index is 0.867. The van der Waals surface area contributed by atoms with E-state index in [0.29, 0.717) is 0 Å². The molecule has 3 aromatic carbocycles. The van der Waals surface area contributed by atoms with Crippen molar-refractivity contribution in [2.45, 2.75) is 13.3 Å². The maximum atomic E-state index is 4.94. The first-order valence-corrected chi connectivity index (χ1v) is 7.64. The van der Waals surface area contributed by atoms with Crippen LogP contribution >= 0.6 is 0 Å². The van der Waals surface area contributed by atoms with Crippen LogP contribution in [0.1, 0.15) is 16.8 Å². The van der Waals surface area contributed by atoms with E-state index in [1.807, 2.05) is 0 Å². The number of rotatable bonds is 2. The summed E-state index contributed by atoms with van der Waals surface area (Å²) in [5.74, 6) is 0. The molecule has 4 rings (SSSR count). The van der Waals surface area contributed by atoms with Gasteiger partial charge < -0.3 is 0 Å². The summed E-state index contributed by atoms with van der Waals surface area (Å²) >= 11 is 0. The van der Waals surface area contributed by atoms with Crippen molar-refractivity contribution >= 4 is 21.7 Å². The van der Waals surface area contributed by atoms with Crippen LogP contribution in [0.3, 0.4) is 0 Å². The number of hydrogen-bond donors (Lipinski definition) is 0. The van der Waals surface area contributed by atoms with Gasteiger partial charge in [-0.1, -0.05) is 66.7 Å². The molecule has 1 nitrogen and oxygen atoms in total. The van der Waals surface area contributed by atoms with Crippen molar-refractivity contribution in [1.82, 2.24) is 4.98 Å². The second-order valence-electron chi connectivity index (χ2n) is 5.74. The van der Waals surface area contributed by atoms with Gasteiger partial charge >= 0.3 is 0 Å². The first kappa shape index (κ1) is 13.0. The zero-order valence-electron chi connectivity index (χ0n) is 12.6. The second kappa shape index (κ2) is 5.27. The molecule has 0 radical (unpaired) electrons. The summed E-state index contributed by atoms with van der Waals surface area (Å²) in [6.45, 7) is 2.18. The van der Waals surface area contributed by atoms with Crippen molar-refractivity contribution < 1.29 is 0 Å². The van der Waals surface area contributed by atoms with Crippen molar-refractivity contribution in [2.24, 2.45) is 0 Å². The fraction of sp³-hybridized carbons (Fsp3) is 0.0952. The van der Waals surface area contributed by atoms with E-state index in [0.717, 1.165) is 17.6 Å². The summed E-state index contributed by atoms with van der Waals surface area (Å²) in [7, 11) is 0. The van der Waals surface area contributed by atoms with Crippen LogP contribution in [0.4, 0.5) is 0 Å². The molecule has 0 aliphatic rings. The normalized spacial score (nSPS) is 11.1. The molecule has 0 atom stereocenters. The summed E-state index contributed by atoms with van der Waals surface area (Å²) < 4.78 is 0. The Morgan fingerprint density at radius 3 is 2.32 bits per heavy atom. The van der Waals surface area contributed by atoms with E-state index >= 15 is 0 Å². The highest BCUT2D eigenvalue weighted by Gasteiger charge is 2.10. The van der Waals surface area contributed by atoms with Crippen LogP contribution < -0.4 is 0 Å². The molecule has 0 aliphatic carbocycles. The van der Waals surface area contributed by atoms with Crippen molar-refractivity contribution in [3.05, 3.63) is 89.6 Å². The van der Waals surface area contributed by atoms with Crippen molar-refractivity contribution in [3.8, 4) is 0 Å². The van der Waals surface area contributed by atoms with E-state index < -0.39 is 0 Å². The average molecular weight is 283 g/mol. The third kappa shape index (κ3) is 2.15. The van der Waals surface area contributed by atoms with Gasteiger partial charge in [0.1, 0.15) is 0 Å². The van der Waals surface area contributed by atoms with E-state index in [9.17, 15) is 0 Å². The lowest BCUT2D eigenvalue weighted by atomic mass is 9.97. The minimum Gasteiger partial charge on any atom is -0.252 e. The fourth-order valence-electron chi connectivity index (χ4n) is 3.18. The van der Waals surface area contributed by atoms with Gasteiger partial charge in [0.2, 0.25) is 0 Å². The molecule has 1 heterocycles. The highest BCUT2D eigenvalue weighted by Crippen LogP contribution is 2.30. The SMILES string of the molecule is Cc1cccc2c(Cc3ccccc3)nc3ccccc3c12. The van der Waals surface area contributed by atoms with Gasteiger partial charge in [0.15, 0.2) is 0 Å². The molecular weight excluding hydrogens is 266 g/mol. The summed E-state index contributed by atoms with van der Waals surface area (Å²) in [4.78, 5) is 4.94. The van der Waals surface area contributed by atoms with E-state index in [-0.39, 0.29) is 0 Å². The summed E-state index contributed by atoms with van der Waals surface area (Å²) in [6.07, 6.45) is 0.867. The van der Waals surface area contributed by atoms with Gasteiger partial charge in [-0.2, -0.15) is 0 Å². The van der Waals surface area contributed by atoms with Gasteiger partial charge in [-0.3, -0.25) is 4.98 Å². The molecule has 4 aromatic rings. The Balaban J connectivity index is 2.02. The van der Waals surface area contributed by atoms with Crippen LogP contribution in [-0.4, -0.2) is 4.98 Å². The Kier molecular flexibility index (Phi) is 3.12. The Morgan fingerprint density at radius 2 is 1.45 bits per heavy atom. The number of aromatic nitrogens is 1. The van der Waals surface area contributed by atoms with Gasteiger partial charge in [-0.25, -0.2) is 0 Å². The van der Waals surface area contributed by atoms with Gasteiger partial charge in [0.25, 0.3) is 0 Å². The first-order valence-electron chi connectivity index (χ1n) is 7.64. The van der Waals surface area contributed by atoms with E-state index in [2.05, 4.69) is 79.7 Å². The fourth-order valence-corrected chi connectivity index (χ4v) is 3.18. The van der Waals surface area contributed by atoms with Crippen LogP contribution in [0, 0.1) is 6.92 Å². The quantitative estimate of drug-likeness (QED) is 0.456. The number of hydrogen-bond acceptors (Lipinski definition) is 1. The highest BCUT2D eigenvalue weighted by atomic mass is 14.7. The molecule has 0 saturated heterocycles. The van der Waals surface area contributed by atoms with E-state index in [1.54, 1.807) is 0 Å². The molecule has 0 bridgehead atoms. The summed E-state index contributed by atoms with van der Waals surface area (Å²) in [6, 6.07) is 25.5. The highest BCUT2D eigenvalue weighted by molar-refractivity contribution is 6.08. The lowest BCUT2D eigenvalue weighted by Crippen LogP contribution is -1.96. The van der Waals surface area contributed by atoms with Crippen LogP contribution in [0.15, 0.2) is 72.8 Å². The largest absolute Gasteiger partial charge is 0.252 e. The molecule has 1 heteroatoms. The predicted octanol–water partition coefficient (Wildman–Crippen LogP) is 5.29.